The number of carbonyl (C=O) groups excluding carboxylic acids is 1. The lowest BCUT2D eigenvalue weighted by molar-refractivity contribution is 0.0970. The van der Waals surface area contributed by atoms with Crippen LogP contribution in [0.4, 0.5) is 0 Å². The van der Waals surface area contributed by atoms with E-state index in [-0.39, 0.29) is 22.8 Å². The van der Waals surface area contributed by atoms with E-state index in [0.717, 1.165) is 12.8 Å². The van der Waals surface area contributed by atoms with Crippen molar-refractivity contribution in [1.82, 2.24) is 8.87 Å². The summed E-state index contributed by atoms with van der Waals surface area (Å²) < 4.78 is 38.4. The average Bonchev–Trinajstić information content (AvgIpc) is 3.37. The number of nitrogens with zero attached hydrogens (tertiary/aromatic N) is 2. The Bertz CT molecular complexity index is 1220. The molecule has 2 aromatic carbocycles. The summed E-state index contributed by atoms with van der Waals surface area (Å²) in [5.41, 5.74) is 0.940. The molecule has 0 saturated carbocycles. The number of aromatic nitrogens is 1. The van der Waals surface area contributed by atoms with Gasteiger partial charge in [0.1, 0.15) is 5.75 Å². The third-order valence-corrected chi connectivity index (χ3v) is 6.95. The summed E-state index contributed by atoms with van der Waals surface area (Å²) in [5, 5.41) is 0. The molecular formula is C20H20N2O6S. The minimum absolute atomic E-state index is 0.0780. The molecule has 29 heavy (non-hydrogen) atoms. The normalized spacial score (nSPS) is 15.1. The van der Waals surface area contributed by atoms with Crippen LogP contribution in [-0.2, 0) is 16.6 Å². The van der Waals surface area contributed by atoms with Crippen LogP contribution in [0.1, 0.15) is 23.2 Å². The van der Waals surface area contributed by atoms with Crippen molar-refractivity contribution in [3.63, 3.8) is 0 Å². The van der Waals surface area contributed by atoms with Crippen LogP contribution < -0.4 is 10.5 Å². The summed E-state index contributed by atoms with van der Waals surface area (Å²) in [6.45, 7) is 0.764. The number of Topliss-reactive ketones (excluding diaryl/α,β-unsaturated/α-hetero) is 1. The predicted molar refractivity (Wildman–Crippen MR) is 106 cm³/mol. The minimum Gasteiger partial charge on any atom is -0.497 e. The fourth-order valence-electron chi connectivity index (χ4n) is 3.45. The van der Waals surface area contributed by atoms with Gasteiger partial charge in [0.25, 0.3) is 0 Å². The lowest BCUT2D eigenvalue weighted by Crippen LogP contribution is -2.27. The van der Waals surface area contributed by atoms with Crippen LogP contribution in [0.2, 0.25) is 0 Å². The highest BCUT2D eigenvalue weighted by Gasteiger charge is 2.28. The summed E-state index contributed by atoms with van der Waals surface area (Å²) in [4.78, 5) is 24.9. The highest BCUT2D eigenvalue weighted by Crippen LogP contribution is 2.24. The Morgan fingerprint density at radius 1 is 1.10 bits per heavy atom. The predicted octanol–water partition coefficient (Wildman–Crippen LogP) is 2.27. The molecule has 0 atom stereocenters. The van der Waals surface area contributed by atoms with Crippen LogP contribution in [0.5, 0.6) is 5.75 Å². The van der Waals surface area contributed by atoms with Gasteiger partial charge in [-0.3, -0.25) is 9.36 Å². The van der Waals surface area contributed by atoms with Gasteiger partial charge >= 0.3 is 5.76 Å². The molecule has 0 spiro atoms. The Balaban J connectivity index is 1.64. The van der Waals surface area contributed by atoms with Crippen LogP contribution in [0.15, 0.2) is 56.6 Å². The molecule has 1 aliphatic rings. The van der Waals surface area contributed by atoms with Crippen molar-refractivity contribution in [2.45, 2.75) is 24.3 Å². The number of oxazole rings is 1. The Morgan fingerprint density at radius 2 is 1.79 bits per heavy atom. The molecule has 0 bridgehead atoms. The quantitative estimate of drug-likeness (QED) is 0.572. The van der Waals surface area contributed by atoms with Gasteiger partial charge < -0.3 is 9.15 Å². The van der Waals surface area contributed by atoms with Crippen molar-refractivity contribution in [2.75, 3.05) is 20.2 Å². The van der Waals surface area contributed by atoms with Crippen molar-refractivity contribution < 1.29 is 22.4 Å². The number of methoxy groups -OCH3 is 1. The van der Waals surface area contributed by atoms with Crippen LogP contribution >= 0.6 is 0 Å². The van der Waals surface area contributed by atoms with E-state index in [2.05, 4.69) is 0 Å². The summed E-state index contributed by atoms with van der Waals surface area (Å²) >= 11 is 0. The highest BCUT2D eigenvalue weighted by atomic mass is 32.2. The maximum atomic E-state index is 12.7. The number of fused-ring (bicyclic) bond motifs is 1. The molecule has 1 saturated heterocycles. The van der Waals surface area contributed by atoms with Gasteiger partial charge in [0.2, 0.25) is 10.0 Å². The first-order valence-corrected chi connectivity index (χ1v) is 10.6. The molecule has 0 radical (unpaired) electrons. The standard InChI is InChI=1S/C20H20N2O6S/c1-27-15-6-4-14(5-7-15)18(23)13-22-17-9-8-16(12-19(17)28-20(22)24)29(25,26)21-10-2-3-11-21/h4-9,12H,2-3,10-11,13H2,1H3. The number of benzene rings is 2. The van der Waals surface area contributed by atoms with E-state index in [1.165, 1.54) is 34.2 Å². The molecular weight excluding hydrogens is 396 g/mol. The number of sulfonamides is 1. The van der Waals surface area contributed by atoms with E-state index >= 15 is 0 Å². The van der Waals surface area contributed by atoms with Crippen LogP contribution in [0, 0.1) is 0 Å². The van der Waals surface area contributed by atoms with Gasteiger partial charge in [-0.2, -0.15) is 4.31 Å². The van der Waals surface area contributed by atoms with E-state index < -0.39 is 15.8 Å². The molecule has 152 valence electrons. The second kappa shape index (κ2) is 7.49. The molecule has 4 rings (SSSR count). The average molecular weight is 416 g/mol. The fourth-order valence-corrected chi connectivity index (χ4v) is 4.98. The number of hydrogen-bond acceptors (Lipinski definition) is 6. The molecule has 3 aromatic rings. The molecule has 0 N–H and O–H groups in total. The fraction of sp³-hybridized carbons (Fsp3) is 0.300. The number of rotatable bonds is 6. The maximum Gasteiger partial charge on any atom is 0.420 e. The number of hydrogen-bond donors (Lipinski definition) is 0. The van der Waals surface area contributed by atoms with Crippen molar-refractivity contribution in [2.24, 2.45) is 0 Å². The molecule has 0 amide bonds. The zero-order chi connectivity index (χ0) is 20.6. The molecule has 1 aliphatic heterocycles. The summed E-state index contributed by atoms with van der Waals surface area (Å²) in [7, 11) is -2.09. The van der Waals surface area contributed by atoms with E-state index in [4.69, 9.17) is 9.15 Å². The molecule has 0 aliphatic carbocycles. The van der Waals surface area contributed by atoms with Gasteiger partial charge in [0, 0.05) is 24.7 Å². The number of ketones is 1. The van der Waals surface area contributed by atoms with E-state index in [0.29, 0.717) is 29.9 Å². The van der Waals surface area contributed by atoms with Crippen molar-refractivity contribution in [3.05, 3.63) is 58.6 Å². The van der Waals surface area contributed by atoms with E-state index in [9.17, 15) is 18.0 Å². The molecule has 1 aromatic heterocycles. The second-order valence-corrected chi connectivity index (χ2v) is 8.78. The first-order chi connectivity index (χ1) is 13.9. The molecule has 0 unspecified atom stereocenters. The summed E-state index contributed by atoms with van der Waals surface area (Å²) in [6, 6.07) is 10.9. The Labute approximate surface area is 167 Å². The van der Waals surface area contributed by atoms with Crippen molar-refractivity contribution >= 4 is 26.9 Å². The topological polar surface area (TPSA) is 98.8 Å². The maximum absolute atomic E-state index is 12.7. The minimum atomic E-state index is -3.62. The van der Waals surface area contributed by atoms with E-state index in [1.807, 2.05) is 0 Å². The molecule has 9 heteroatoms. The lowest BCUT2D eigenvalue weighted by atomic mass is 10.1. The van der Waals surface area contributed by atoms with Gasteiger partial charge in [-0.15, -0.1) is 0 Å². The monoisotopic (exact) mass is 416 g/mol. The van der Waals surface area contributed by atoms with Gasteiger partial charge in [-0.25, -0.2) is 13.2 Å². The lowest BCUT2D eigenvalue weighted by Gasteiger charge is -2.15. The van der Waals surface area contributed by atoms with Crippen LogP contribution in [-0.4, -0.2) is 43.3 Å². The van der Waals surface area contributed by atoms with Gasteiger partial charge in [-0.1, -0.05) is 0 Å². The van der Waals surface area contributed by atoms with Crippen molar-refractivity contribution in [1.29, 1.82) is 0 Å². The highest BCUT2D eigenvalue weighted by molar-refractivity contribution is 7.89. The Hall–Kier alpha value is -2.91. The second-order valence-electron chi connectivity index (χ2n) is 6.85. The first kappa shape index (κ1) is 19.4. The number of carbonyl (C=O) groups is 1. The van der Waals surface area contributed by atoms with Gasteiger partial charge in [0.05, 0.1) is 24.1 Å². The summed E-state index contributed by atoms with van der Waals surface area (Å²) in [5.74, 6) is -0.358. The van der Waals surface area contributed by atoms with E-state index in [1.54, 1.807) is 24.3 Å². The smallest absolute Gasteiger partial charge is 0.420 e. The third-order valence-electron chi connectivity index (χ3n) is 5.06. The zero-order valence-electron chi connectivity index (χ0n) is 15.8. The largest absolute Gasteiger partial charge is 0.497 e. The van der Waals surface area contributed by atoms with Gasteiger partial charge in [0.15, 0.2) is 11.4 Å². The van der Waals surface area contributed by atoms with Gasteiger partial charge in [-0.05, 0) is 49.2 Å². The summed E-state index contributed by atoms with van der Waals surface area (Å²) in [6.07, 6.45) is 1.67. The third kappa shape index (κ3) is 3.58. The molecule has 1 fully saturated rings. The number of ether oxygens (including phenoxy) is 1. The zero-order valence-corrected chi connectivity index (χ0v) is 16.6. The molecule has 2 heterocycles. The van der Waals surface area contributed by atoms with Crippen LogP contribution in [0.25, 0.3) is 11.1 Å². The van der Waals surface area contributed by atoms with Crippen molar-refractivity contribution in [3.8, 4) is 5.75 Å². The van der Waals surface area contributed by atoms with Crippen LogP contribution in [0.3, 0.4) is 0 Å². The molecule has 8 nitrogen and oxygen atoms in total. The SMILES string of the molecule is COc1ccc(C(=O)Cn2c(=O)oc3cc(S(=O)(=O)N4CCCC4)ccc32)cc1. The Kier molecular flexibility index (Phi) is 5.01. The Morgan fingerprint density at radius 3 is 2.45 bits per heavy atom. The first-order valence-electron chi connectivity index (χ1n) is 9.21.